The maximum Gasteiger partial charge on any atom is 0.224 e. The summed E-state index contributed by atoms with van der Waals surface area (Å²) in [4.78, 5) is 13.9. The first-order chi connectivity index (χ1) is 14.9. The Labute approximate surface area is 192 Å². The van der Waals surface area contributed by atoms with E-state index in [4.69, 9.17) is 27.9 Å². The summed E-state index contributed by atoms with van der Waals surface area (Å²) in [5.41, 5.74) is 2.58. The highest BCUT2D eigenvalue weighted by Crippen LogP contribution is 2.36. The summed E-state index contributed by atoms with van der Waals surface area (Å²) in [7, 11) is 0. The van der Waals surface area contributed by atoms with Gasteiger partial charge in [-0.05, 0) is 43.5 Å². The third-order valence-corrected chi connectivity index (χ3v) is 6.85. The standard InChI is InChI=1S/C23H27Cl2N3O3/c24-19-4-3-5-21(23(19)25)28(30)13-11-27(12-14-28)10-1-2-15-31-18-8-6-17-7-9-22(29)26-20(17)16-18/h3-6,8,16H,1-2,7,9-15H2,(H,26,29). The highest BCUT2D eigenvalue weighted by atomic mass is 35.5. The number of benzene rings is 2. The van der Waals surface area contributed by atoms with E-state index in [2.05, 4.69) is 10.2 Å². The monoisotopic (exact) mass is 463 g/mol. The number of nitrogens with one attached hydrogen (secondary N) is 1. The van der Waals surface area contributed by atoms with E-state index in [0.29, 0.717) is 41.8 Å². The van der Waals surface area contributed by atoms with Gasteiger partial charge in [0.05, 0.1) is 24.7 Å². The second-order valence-corrected chi connectivity index (χ2v) is 8.96. The van der Waals surface area contributed by atoms with Crippen LogP contribution in [0.25, 0.3) is 0 Å². The van der Waals surface area contributed by atoms with Gasteiger partial charge in [0.15, 0.2) is 5.69 Å². The molecule has 0 atom stereocenters. The van der Waals surface area contributed by atoms with Gasteiger partial charge in [0.2, 0.25) is 5.91 Å². The van der Waals surface area contributed by atoms with Crippen LogP contribution in [-0.2, 0) is 11.2 Å². The number of halogens is 2. The predicted molar refractivity (Wildman–Crippen MR) is 126 cm³/mol. The van der Waals surface area contributed by atoms with Gasteiger partial charge in [-0.2, -0.15) is 0 Å². The number of hydrogen-bond donors (Lipinski definition) is 1. The number of rotatable bonds is 7. The summed E-state index contributed by atoms with van der Waals surface area (Å²) in [6.45, 7) is 3.97. The summed E-state index contributed by atoms with van der Waals surface area (Å²) in [6, 6.07) is 11.2. The molecule has 8 heteroatoms. The number of anilines is 1. The molecule has 6 nitrogen and oxygen atoms in total. The van der Waals surface area contributed by atoms with E-state index < -0.39 is 4.65 Å². The predicted octanol–water partition coefficient (Wildman–Crippen LogP) is 4.86. The van der Waals surface area contributed by atoms with Crippen molar-refractivity contribution in [1.82, 2.24) is 9.55 Å². The van der Waals surface area contributed by atoms with Crippen LogP contribution in [0, 0.1) is 5.21 Å². The fraction of sp³-hybridized carbons (Fsp3) is 0.435. The van der Waals surface area contributed by atoms with Crippen molar-refractivity contribution in [3.05, 3.63) is 57.2 Å². The SMILES string of the molecule is O=C1CCc2ccc(OCCCCN3CC[N+]([O-])(c4cccc(Cl)c4Cl)CC3)cc2N1. The van der Waals surface area contributed by atoms with E-state index in [1.54, 1.807) is 18.2 Å². The quantitative estimate of drug-likeness (QED) is 0.361. The van der Waals surface area contributed by atoms with Crippen molar-refractivity contribution in [2.24, 2.45) is 0 Å². The van der Waals surface area contributed by atoms with Gasteiger partial charge in [0, 0.05) is 37.3 Å². The summed E-state index contributed by atoms with van der Waals surface area (Å²) in [5.74, 6) is 0.843. The molecule has 2 aromatic carbocycles. The molecule has 0 unspecified atom stereocenters. The van der Waals surface area contributed by atoms with Crippen molar-refractivity contribution in [1.29, 1.82) is 0 Å². The van der Waals surface area contributed by atoms with Crippen LogP contribution in [0.1, 0.15) is 24.8 Å². The molecule has 1 saturated heterocycles. The number of hydrogen-bond acceptors (Lipinski definition) is 4. The number of ether oxygens (including phenoxy) is 1. The molecular formula is C23H27Cl2N3O3. The zero-order valence-corrected chi connectivity index (χ0v) is 18.9. The van der Waals surface area contributed by atoms with Gasteiger partial charge in [-0.3, -0.25) is 9.69 Å². The van der Waals surface area contributed by atoms with E-state index in [0.717, 1.165) is 55.9 Å². The average molecular weight is 464 g/mol. The number of carbonyl (C=O) groups is 1. The summed E-state index contributed by atoms with van der Waals surface area (Å²) in [5, 5.41) is 16.9. The molecular weight excluding hydrogens is 437 g/mol. The lowest BCUT2D eigenvalue weighted by Crippen LogP contribution is -2.57. The summed E-state index contributed by atoms with van der Waals surface area (Å²) in [6.07, 6.45) is 3.25. The van der Waals surface area contributed by atoms with Crippen LogP contribution >= 0.6 is 23.2 Å². The first-order valence-electron chi connectivity index (χ1n) is 10.8. The maximum atomic E-state index is 13.2. The minimum absolute atomic E-state index is 0.0598. The largest absolute Gasteiger partial charge is 0.627 e. The Bertz CT molecular complexity index is 946. The lowest BCUT2D eigenvalue weighted by molar-refractivity contribution is -0.116. The molecule has 166 valence electrons. The Kier molecular flexibility index (Phi) is 7.04. The molecule has 0 spiro atoms. The number of piperazine rings is 1. The van der Waals surface area contributed by atoms with Crippen molar-refractivity contribution in [3.8, 4) is 5.75 Å². The molecule has 0 aromatic heterocycles. The molecule has 31 heavy (non-hydrogen) atoms. The highest BCUT2D eigenvalue weighted by molar-refractivity contribution is 6.43. The van der Waals surface area contributed by atoms with Crippen molar-refractivity contribution < 1.29 is 9.53 Å². The van der Waals surface area contributed by atoms with Crippen molar-refractivity contribution in [2.45, 2.75) is 25.7 Å². The average Bonchev–Trinajstić information content (AvgIpc) is 2.76. The normalized spacial score (nSPS) is 18.4. The van der Waals surface area contributed by atoms with Crippen molar-refractivity contribution >= 4 is 40.5 Å². The number of aryl methyl sites for hydroxylation is 1. The molecule has 2 aliphatic rings. The van der Waals surface area contributed by atoms with Gasteiger partial charge < -0.3 is 19.9 Å². The first-order valence-corrected chi connectivity index (χ1v) is 11.5. The molecule has 2 aliphatic heterocycles. The Balaban J connectivity index is 1.18. The number of carbonyl (C=O) groups excluding carboxylic acids is 1. The third-order valence-electron chi connectivity index (χ3n) is 6.04. The van der Waals surface area contributed by atoms with Crippen LogP contribution in [0.15, 0.2) is 36.4 Å². The lowest BCUT2D eigenvalue weighted by Gasteiger charge is -2.48. The molecule has 1 amide bonds. The van der Waals surface area contributed by atoms with Gasteiger partial charge >= 0.3 is 0 Å². The minimum Gasteiger partial charge on any atom is -0.627 e. The zero-order valence-electron chi connectivity index (χ0n) is 17.4. The van der Waals surface area contributed by atoms with Gasteiger partial charge in [0.25, 0.3) is 0 Å². The molecule has 0 radical (unpaired) electrons. The van der Waals surface area contributed by atoms with E-state index >= 15 is 0 Å². The second-order valence-electron chi connectivity index (χ2n) is 8.17. The Morgan fingerprint density at radius 1 is 1.10 bits per heavy atom. The van der Waals surface area contributed by atoms with Crippen LogP contribution in [0.5, 0.6) is 5.75 Å². The van der Waals surface area contributed by atoms with E-state index in [-0.39, 0.29) is 5.91 Å². The van der Waals surface area contributed by atoms with E-state index in [1.807, 2.05) is 18.2 Å². The first kappa shape index (κ1) is 22.4. The van der Waals surface area contributed by atoms with Crippen molar-refractivity contribution in [2.75, 3.05) is 44.6 Å². The van der Waals surface area contributed by atoms with Crippen LogP contribution in [0.4, 0.5) is 11.4 Å². The fourth-order valence-electron chi connectivity index (χ4n) is 4.17. The number of hydroxylamine groups is 2. The number of quaternary nitrogens is 1. The van der Waals surface area contributed by atoms with Gasteiger partial charge in [-0.25, -0.2) is 0 Å². The summed E-state index contributed by atoms with van der Waals surface area (Å²) >= 11 is 12.4. The number of amides is 1. The topological polar surface area (TPSA) is 64.6 Å². The second kappa shape index (κ2) is 9.76. The number of fused-ring (bicyclic) bond motifs is 1. The Hall–Kier alpha value is -1.83. The zero-order chi connectivity index (χ0) is 21.8. The lowest BCUT2D eigenvalue weighted by atomic mass is 10.0. The van der Waals surface area contributed by atoms with Gasteiger partial charge in [-0.1, -0.05) is 35.3 Å². The molecule has 2 aromatic rings. The molecule has 4 rings (SSSR count). The van der Waals surface area contributed by atoms with Gasteiger partial charge in [0.1, 0.15) is 10.8 Å². The van der Waals surface area contributed by atoms with Gasteiger partial charge in [-0.15, -0.1) is 0 Å². The van der Waals surface area contributed by atoms with Crippen molar-refractivity contribution in [3.63, 3.8) is 0 Å². The highest BCUT2D eigenvalue weighted by Gasteiger charge is 2.30. The maximum absolute atomic E-state index is 13.2. The third kappa shape index (κ3) is 5.33. The Morgan fingerprint density at radius 2 is 1.90 bits per heavy atom. The molecule has 2 heterocycles. The molecule has 1 N–H and O–H groups in total. The molecule has 0 bridgehead atoms. The van der Waals surface area contributed by atoms with E-state index in [9.17, 15) is 10.0 Å². The minimum atomic E-state index is -0.423. The molecule has 0 saturated carbocycles. The number of unbranched alkanes of at least 4 members (excludes halogenated alkanes) is 1. The summed E-state index contributed by atoms with van der Waals surface area (Å²) < 4.78 is 5.44. The smallest absolute Gasteiger partial charge is 0.224 e. The van der Waals surface area contributed by atoms with Crippen LogP contribution in [-0.4, -0.2) is 50.1 Å². The Morgan fingerprint density at radius 3 is 2.71 bits per heavy atom. The molecule has 1 fully saturated rings. The van der Waals surface area contributed by atoms with Crippen LogP contribution in [0.3, 0.4) is 0 Å². The van der Waals surface area contributed by atoms with Crippen LogP contribution < -0.4 is 14.7 Å². The fourth-order valence-corrected chi connectivity index (χ4v) is 4.62. The molecule has 0 aliphatic carbocycles. The van der Waals surface area contributed by atoms with Crippen LogP contribution in [0.2, 0.25) is 10.0 Å². The van der Waals surface area contributed by atoms with E-state index in [1.165, 1.54) is 0 Å². The number of nitrogens with zero attached hydrogens (tertiary/aromatic N) is 2.